The molecular weight excluding hydrogens is 633 g/mol. The number of H-pyrrole nitrogens is 1. The number of aromatic nitrogens is 1. The van der Waals surface area contributed by atoms with Crippen molar-refractivity contribution in [2.24, 2.45) is 0 Å². The molecule has 14 heteroatoms. The van der Waals surface area contributed by atoms with Crippen LogP contribution in [0.1, 0.15) is 40.9 Å². The molecule has 3 atom stereocenters. The lowest BCUT2D eigenvalue weighted by Gasteiger charge is -2.43. The summed E-state index contributed by atoms with van der Waals surface area (Å²) in [6, 6.07) is 8.27. The van der Waals surface area contributed by atoms with Gasteiger partial charge in [-0.15, -0.1) is 24.8 Å². The fraction of sp³-hybridized carbons (Fsp3) is 0.500. The van der Waals surface area contributed by atoms with E-state index in [1.54, 1.807) is 0 Å². The minimum atomic E-state index is -5.03. The van der Waals surface area contributed by atoms with E-state index in [9.17, 15) is 31.1 Å². The summed E-state index contributed by atoms with van der Waals surface area (Å²) in [4.78, 5) is 22.9. The zero-order chi connectivity index (χ0) is 30.2. The molecule has 3 aromatic rings. The number of hydrogen-bond acceptors (Lipinski definition) is 4. The average molecular weight is 670 g/mol. The normalized spacial score (nSPS) is 22.0. The van der Waals surface area contributed by atoms with E-state index in [4.69, 9.17) is 4.74 Å². The van der Waals surface area contributed by atoms with Crippen LogP contribution in [-0.4, -0.2) is 89.7 Å². The van der Waals surface area contributed by atoms with Crippen molar-refractivity contribution in [3.05, 3.63) is 70.9 Å². The Morgan fingerprint density at radius 3 is 2.07 bits per heavy atom. The molecule has 244 valence electrons. The first kappa shape index (κ1) is 36.0. The highest BCUT2D eigenvalue weighted by Gasteiger charge is 2.39. The average Bonchev–Trinajstić information content (AvgIpc) is 3.32. The predicted molar refractivity (Wildman–Crippen MR) is 161 cm³/mol. The van der Waals surface area contributed by atoms with Gasteiger partial charge in [-0.3, -0.25) is 14.6 Å². The number of aromatic amines is 1. The number of piperazine rings is 1. The third-order valence-corrected chi connectivity index (χ3v) is 8.02. The highest BCUT2D eigenvalue weighted by molar-refractivity contribution is 5.95. The number of nitrogens with zero attached hydrogens (tertiary/aromatic N) is 3. The van der Waals surface area contributed by atoms with Crippen LogP contribution in [0.5, 0.6) is 0 Å². The standard InChI is InChI=1S/C30H34F6N4O2.2ClH/c1-19-16-39(17-20(2)42-19)8-7-38-9-10-40(25(18-38)13-22-15-37-27-6-4-3-5-26(22)27)28(41)21-11-23(29(31,32)33)14-24(12-21)30(34,35)36;;/h3-6,11-12,14-15,19-20,25,37H,7-10,13,16-18H2,1-2H3;2*1H/t19-,20+,25-;;/m1../s1. The quantitative estimate of drug-likeness (QED) is 0.304. The summed E-state index contributed by atoms with van der Waals surface area (Å²) in [5, 5.41) is 0.955. The second kappa shape index (κ2) is 14.3. The van der Waals surface area contributed by atoms with Crippen molar-refractivity contribution in [2.45, 2.75) is 50.9 Å². The molecule has 3 heterocycles. The maximum Gasteiger partial charge on any atom is 0.416 e. The highest BCUT2D eigenvalue weighted by atomic mass is 35.5. The molecule has 2 aliphatic rings. The highest BCUT2D eigenvalue weighted by Crippen LogP contribution is 2.37. The Kier molecular flexibility index (Phi) is 11.7. The molecule has 2 fully saturated rings. The van der Waals surface area contributed by atoms with Gasteiger partial charge in [-0.1, -0.05) is 18.2 Å². The van der Waals surface area contributed by atoms with Gasteiger partial charge in [0, 0.05) is 74.5 Å². The van der Waals surface area contributed by atoms with E-state index in [1.807, 2.05) is 44.3 Å². The van der Waals surface area contributed by atoms with Crippen LogP contribution < -0.4 is 0 Å². The number of para-hydroxylation sites is 1. The summed E-state index contributed by atoms with van der Waals surface area (Å²) in [5.74, 6) is -0.841. The van der Waals surface area contributed by atoms with Crippen LogP contribution in [0, 0.1) is 0 Å². The minimum absolute atomic E-state index is 0. The Morgan fingerprint density at radius 1 is 0.864 bits per heavy atom. The van der Waals surface area contributed by atoms with E-state index >= 15 is 0 Å². The molecule has 1 N–H and O–H groups in total. The van der Waals surface area contributed by atoms with Crippen LogP contribution in [-0.2, 0) is 23.5 Å². The SMILES string of the molecule is C[C@@H]1CN(CCN2CCN(C(=O)c3cc(C(F)(F)F)cc(C(F)(F)F)c3)[C@H](Cc3c[nH]c4ccccc34)C2)C[C@H](C)O1.Cl.Cl. The lowest BCUT2D eigenvalue weighted by atomic mass is 9.98. The Bertz CT molecular complexity index is 1370. The van der Waals surface area contributed by atoms with E-state index in [0.717, 1.165) is 36.1 Å². The van der Waals surface area contributed by atoms with Crippen molar-refractivity contribution in [3.8, 4) is 0 Å². The molecule has 2 aromatic carbocycles. The van der Waals surface area contributed by atoms with Crippen LogP contribution in [0.3, 0.4) is 0 Å². The van der Waals surface area contributed by atoms with Gasteiger partial charge < -0.3 is 14.6 Å². The Hall–Kier alpha value is -2.51. The minimum Gasteiger partial charge on any atom is -0.373 e. The molecule has 2 aliphatic heterocycles. The lowest BCUT2D eigenvalue weighted by molar-refractivity contribution is -0.143. The summed E-state index contributed by atoms with van der Waals surface area (Å²) < 4.78 is 87.1. The monoisotopic (exact) mass is 668 g/mol. The summed E-state index contributed by atoms with van der Waals surface area (Å²) in [5.41, 5.74) is -1.79. The van der Waals surface area contributed by atoms with E-state index in [2.05, 4.69) is 14.8 Å². The number of nitrogens with one attached hydrogen (secondary N) is 1. The maximum absolute atomic E-state index is 13.7. The number of rotatable bonds is 6. The summed E-state index contributed by atoms with van der Waals surface area (Å²) in [7, 11) is 0. The van der Waals surface area contributed by atoms with Crippen LogP contribution in [0.15, 0.2) is 48.7 Å². The number of carbonyl (C=O) groups is 1. The maximum atomic E-state index is 13.7. The summed E-state index contributed by atoms with van der Waals surface area (Å²) >= 11 is 0. The molecule has 0 unspecified atom stereocenters. The van der Waals surface area contributed by atoms with Crippen molar-refractivity contribution in [1.29, 1.82) is 0 Å². The van der Waals surface area contributed by atoms with Crippen molar-refractivity contribution < 1.29 is 35.9 Å². The predicted octanol–water partition coefficient (Wildman–Crippen LogP) is 6.53. The second-order valence-electron chi connectivity index (χ2n) is 11.3. The molecule has 0 radical (unpaired) electrons. The number of amides is 1. The third kappa shape index (κ3) is 8.39. The van der Waals surface area contributed by atoms with Gasteiger partial charge in [-0.05, 0) is 50.1 Å². The van der Waals surface area contributed by atoms with Gasteiger partial charge in [0.05, 0.1) is 23.3 Å². The summed E-state index contributed by atoms with van der Waals surface area (Å²) in [6.07, 6.45) is -7.60. The van der Waals surface area contributed by atoms with Gasteiger partial charge in [0.25, 0.3) is 5.91 Å². The third-order valence-electron chi connectivity index (χ3n) is 8.02. The molecule has 0 bridgehead atoms. The van der Waals surface area contributed by atoms with Crippen LogP contribution >= 0.6 is 24.8 Å². The number of hydrogen-bond donors (Lipinski definition) is 1. The van der Waals surface area contributed by atoms with Crippen molar-refractivity contribution >= 4 is 41.6 Å². The zero-order valence-electron chi connectivity index (χ0n) is 24.3. The van der Waals surface area contributed by atoms with E-state index < -0.39 is 41.0 Å². The van der Waals surface area contributed by atoms with Gasteiger partial charge in [-0.25, -0.2) is 0 Å². The van der Waals surface area contributed by atoms with Crippen molar-refractivity contribution in [3.63, 3.8) is 0 Å². The molecule has 2 saturated heterocycles. The topological polar surface area (TPSA) is 51.8 Å². The Labute approximate surface area is 264 Å². The number of halogens is 8. The number of alkyl halides is 6. The van der Waals surface area contributed by atoms with Gasteiger partial charge in [0.15, 0.2) is 0 Å². The number of carbonyl (C=O) groups excluding carboxylic acids is 1. The molecular formula is C30H36Cl2F6N4O2. The largest absolute Gasteiger partial charge is 0.416 e. The van der Waals surface area contributed by atoms with Crippen LogP contribution in [0.4, 0.5) is 26.3 Å². The van der Waals surface area contributed by atoms with E-state index in [-0.39, 0.29) is 49.6 Å². The number of morpholine rings is 1. The lowest BCUT2D eigenvalue weighted by Crippen LogP contribution is -2.57. The van der Waals surface area contributed by atoms with E-state index in [1.165, 1.54) is 4.90 Å². The molecule has 0 spiro atoms. The zero-order valence-corrected chi connectivity index (χ0v) is 25.9. The van der Waals surface area contributed by atoms with Crippen LogP contribution in [0.2, 0.25) is 0 Å². The van der Waals surface area contributed by atoms with Crippen LogP contribution in [0.25, 0.3) is 10.9 Å². The molecule has 0 aliphatic carbocycles. The van der Waals surface area contributed by atoms with E-state index in [0.29, 0.717) is 38.2 Å². The number of fused-ring (bicyclic) bond motifs is 1. The Balaban J connectivity index is 0.00000264. The first-order valence-corrected chi connectivity index (χ1v) is 14.0. The second-order valence-corrected chi connectivity index (χ2v) is 11.3. The molecule has 6 nitrogen and oxygen atoms in total. The molecule has 1 amide bonds. The molecule has 0 saturated carbocycles. The fourth-order valence-corrected chi connectivity index (χ4v) is 6.11. The number of ether oxygens (including phenoxy) is 1. The first-order chi connectivity index (χ1) is 19.8. The van der Waals surface area contributed by atoms with Crippen molar-refractivity contribution in [2.75, 3.05) is 45.8 Å². The van der Waals surface area contributed by atoms with Crippen molar-refractivity contribution in [1.82, 2.24) is 19.7 Å². The van der Waals surface area contributed by atoms with Gasteiger partial charge in [0.2, 0.25) is 0 Å². The van der Waals surface area contributed by atoms with Gasteiger partial charge in [-0.2, -0.15) is 26.3 Å². The Morgan fingerprint density at radius 2 is 1.45 bits per heavy atom. The smallest absolute Gasteiger partial charge is 0.373 e. The molecule has 5 rings (SSSR count). The fourth-order valence-electron chi connectivity index (χ4n) is 6.11. The molecule has 1 aromatic heterocycles. The first-order valence-electron chi connectivity index (χ1n) is 14.0. The number of benzene rings is 2. The summed E-state index contributed by atoms with van der Waals surface area (Å²) in [6.45, 7) is 8.24. The van der Waals surface area contributed by atoms with Gasteiger partial charge in [0.1, 0.15) is 0 Å². The van der Waals surface area contributed by atoms with Gasteiger partial charge >= 0.3 is 12.4 Å². The molecule has 44 heavy (non-hydrogen) atoms.